The van der Waals surface area contributed by atoms with E-state index < -0.39 is 0 Å². The molecule has 0 bridgehead atoms. The van der Waals surface area contributed by atoms with Crippen molar-refractivity contribution in [3.8, 4) is 5.75 Å². The third-order valence-electron chi connectivity index (χ3n) is 3.53. The van der Waals surface area contributed by atoms with Crippen molar-refractivity contribution in [2.75, 3.05) is 26.4 Å². The molecular formula is C16H25NO2. The minimum absolute atomic E-state index is 0.364. The number of hydrogen-bond donors (Lipinski definition) is 1. The average molecular weight is 263 g/mol. The van der Waals surface area contributed by atoms with Gasteiger partial charge in [-0.3, -0.25) is 0 Å². The summed E-state index contributed by atoms with van der Waals surface area (Å²) in [7, 11) is 0. The van der Waals surface area contributed by atoms with E-state index in [0.717, 1.165) is 25.5 Å². The van der Waals surface area contributed by atoms with Gasteiger partial charge in [0.15, 0.2) is 0 Å². The van der Waals surface area contributed by atoms with Gasteiger partial charge in [0.05, 0.1) is 6.61 Å². The zero-order valence-corrected chi connectivity index (χ0v) is 12.0. The first-order valence-electron chi connectivity index (χ1n) is 7.24. The Kier molecular flexibility index (Phi) is 5.67. The van der Waals surface area contributed by atoms with Gasteiger partial charge in [-0.2, -0.15) is 0 Å². The molecule has 2 unspecified atom stereocenters. The summed E-state index contributed by atoms with van der Waals surface area (Å²) in [6.45, 7) is 7.81. The molecule has 19 heavy (non-hydrogen) atoms. The normalized spacial score (nSPS) is 21.1. The van der Waals surface area contributed by atoms with Crippen LogP contribution in [0.4, 0.5) is 0 Å². The lowest BCUT2D eigenvalue weighted by Crippen LogP contribution is -2.37. The van der Waals surface area contributed by atoms with Crippen LogP contribution in [-0.2, 0) is 4.74 Å². The summed E-state index contributed by atoms with van der Waals surface area (Å²) in [5.41, 5.74) is 1.26. The molecule has 1 heterocycles. The van der Waals surface area contributed by atoms with E-state index in [1.807, 2.05) is 12.1 Å². The van der Waals surface area contributed by atoms with Crippen molar-refractivity contribution in [3.63, 3.8) is 0 Å². The number of benzene rings is 1. The first-order valence-corrected chi connectivity index (χ1v) is 7.24. The number of ether oxygens (including phenoxy) is 2. The molecule has 0 radical (unpaired) electrons. The molecule has 3 nitrogen and oxygen atoms in total. The topological polar surface area (TPSA) is 30.5 Å². The van der Waals surface area contributed by atoms with Crippen molar-refractivity contribution in [1.82, 2.24) is 5.32 Å². The van der Waals surface area contributed by atoms with Gasteiger partial charge in [0.2, 0.25) is 0 Å². The highest BCUT2D eigenvalue weighted by atomic mass is 16.5. The van der Waals surface area contributed by atoms with Gasteiger partial charge < -0.3 is 14.8 Å². The molecule has 2 atom stereocenters. The lowest BCUT2D eigenvalue weighted by Gasteiger charge is -2.24. The molecule has 1 aromatic carbocycles. The van der Waals surface area contributed by atoms with Gasteiger partial charge in [0, 0.05) is 19.2 Å². The summed E-state index contributed by atoms with van der Waals surface area (Å²) in [4.78, 5) is 0. The average Bonchev–Trinajstić information content (AvgIpc) is 2.45. The Morgan fingerprint density at radius 2 is 2.16 bits per heavy atom. The second kappa shape index (κ2) is 7.51. The van der Waals surface area contributed by atoms with E-state index in [1.54, 1.807) is 0 Å². The Morgan fingerprint density at radius 1 is 1.37 bits per heavy atom. The summed E-state index contributed by atoms with van der Waals surface area (Å²) in [5.74, 6) is 1.61. The van der Waals surface area contributed by atoms with E-state index in [4.69, 9.17) is 9.47 Å². The molecule has 0 saturated carbocycles. The molecular weight excluding hydrogens is 238 g/mol. The van der Waals surface area contributed by atoms with Crippen LogP contribution in [0.1, 0.15) is 25.3 Å². The highest BCUT2D eigenvalue weighted by molar-refractivity contribution is 5.26. The van der Waals surface area contributed by atoms with Crippen LogP contribution in [0.5, 0.6) is 5.75 Å². The van der Waals surface area contributed by atoms with Crippen LogP contribution < -0.4 is 10.1 Å². The number of aryl methyl sites for hydroxylation is 1. The van der Waals surface area contributed by atoms with Crippen LogP contribution >= 0.6 is 0 Å². The Labute approximate surface area is 116 Å². The fourth-order valence-electron chi connectivity index (χ4n) is 2.25. The summed E-state index contributed by atoms with van der Waals surface area (Å²) in [5, 5.41) is 3.53. The van der Waals surface area contributed by atoms with Gasteiger partial charge in [-0.15, -0.1) is 0 Å². The summed E-state index contributed by atoms with van der Waals surface area (Å²) < 4.78 is 11.3. The molecule has 3 heteroatoms. The molecule has 1 fully saturated rings. The zero-order chi connectivity index (χ0) is 13.5. The van der Waals surface area contributed by atoms with Crippen LogP contribution in [-0.4, -0.2) is 32.4 Å². The summed E-state index contributed by atoms with van der Waals surface area (Å²) >= 11 is 0. The number of hydrogen-bond acceptors (Lipinski definition) is 3. The Hall–Kier alpha value is -1.06. The van der Waals surface area contributed by atoms with Crippen molar-refractivity contribution >= 4 is 0 Å². The monoisotopic (exact) mass is 263 g/mol. The first kappa shape index (κ1) is 14.4. The SMILES string of the molecule is Cc1ccc(OCC(C)NCC2CCCOC2)cc1. The Morgan fingerprint density at radius 3 is 2.84 bits per heavy atom. The summed E-state index contributed by atoms with van der Waals surface area (Å²) in [6, 6.07) is 8.57. The van der Waals surface area contributed by atoms with E-state index in [0.29, 0.717) is 18.6 Å². The minimum Gasteiger partial charge on any atom is -0.492 e. The quantitative estimate of drug-likeness (QED) is 0.856. The molecule has 1 N–H and O–H groups in total. The Bertz CT molecular complexity index is 358. The fourth-order valence-corrected chi connectivity index (χ4v) is 2.25. The van der Waals surface area contributed by atoms with Crippen LogP contribution in [0.15, 0.2) is 24.3 Å². The van der Waals surface area contributed by atoms with Gasteiger partial charge in [-0.25, -0.2) is 0 Å². The predicted octanol–water partition coefficient (Wildman–Crippen LogP) is 2.78. The van der Waals surface area contributed by atoms with Crippen molar-refractivity contribution in [2.24, 2.45) is 5.92 Å². The third kappa shape index (κ3) is 5.21. The molecule has 1 aliphatic heterocycles. The van der Waals surface area contributed by atoms with Crippen LogP contribution in [0.25, 0.3) is 0 Å². The van der Waals surface area contributed by atoms with E-state index >= 15 is 0 Å². The standard InChI is InChI=1S/C16H25NO2/c1-13-5-7-16(8-6-13)19-11-14(2)17-10-15-4-3-9-18-12-15/h5-8,14-15,17H,3-4,9-12H2,1-2H3. The molecule has 0 aromatic heterocycles. The van der Waals surface area contributed by atoms with E-state index in [-0.39, 0.29) is 0 Å². The second-order valence-electron chi connectivity index (χ2n) is 5.52. The van der Waals surface area contributed by atoms with Gasteiger partial charge >= 0.3 is 0 Å². The van der Waals surface area contributed by atoms with Gasteiger partial charge in [0.25, 0.3) is 0 Å². The first-order chi connectivity index (χ1) is 9.24. The molecule has 1 aromatic rings. The van der Waals surface area contributed by atoms with Gasteiger partial charge in [-0.1, -0.05) is 17.7 Å². The highest BCUT2D eigenvalue weighted by Crippen LogP contribution is 2.13. The maximum absolute atomic E-state index is 5.77. The number of nitrogens with one attached hydrogen (secondary N) is 1. The van der Waals surface area contributed by atoms with E-state index in [1.165, 1.54) is 18.4 Å². The molecule has 2 rings (SSSR count). The molecule has 106 valence electrons. The largest absolute Gasteiger partial charge is 0.492 e. The highest BCUT2D eigenvalue weighted by Gasteiger charge is 2.14. The molecule has 0 amide bonds. The maximum Gasteiger partial charge on any atom is 0.119 e. The van der Waals surface area contributed by atoms with Crippen LogP contribution in [0.2, 0.25) is 0 Å². The minimum atomic E-state index is 0.364. The Balaban J connectivity index is 1.63. The molecule has 0 spiro atoms. The lowest BCUT2D eigenvalue weighted by atomic mass is 10.0. The van der Waals surface area contributed by atoms with Crippen LogP contribution in [0, 0.1) is 12.8 Å². The second-order valence-corrected chi connectivity index (χ2v) is 5.52. The van der Waals surface area contributed by atoms with E-state index in [2.05, 4.69) is 31.3 Å². The zero-order valence-electron chi connectivity index (χ0n) is 12.0. The van der Waals surface area contributed by atoms with Crippen molar-refractivity contribution in [1.29, 1.82) is 0 Å². The number of rotatable bonds is 6. The van der Waals surface area contributed by atoms with Crippen molar-refractivity contribution < 1.29 is 9.47 Å². The van der Waals surface area contributed by atoms with Crippen LogP contribution in [0.3, 0.4) is 0 Å². The molecule has 1 saturated heterocycles. The maximum atomic E-state index is 5.77. The van der Waals surface area contributed by atoms with Gasteiger partial charge in [0.1, 0.15) is 12.4 Å². The molecule has 0 aliphatic carbocycles. The summed E-state index contributed by atoms with van der Waals surface area (Å²) in [6.07, 6.45) is 2.47. The van der Waals surface area contributed by atoms with E-state index in [9.17, 15) is 0 Å². The molecule has 1 aliphatic rings. The lowest BCUT2D eigenvalue weighted by molar-refractivity contribution is 0.0533. The predicted molar refractivity (Wildman–Crippen MR) is 77.7 cm³/mol. The van der Waals surface area contributed by atoms with Crippen molar-refractivity contribution in [3.05, 3.63) is 29.8 Å². The third-order valence-corrected chi connectivity index (χ3v) is 3.53. The van der Waals surface area contributed by atoms with Crippen molar-refractivity contribution in [2.45, 2.75) is 32.7 Å². The fraction of sp³-hybridized carbons (Fsp3) is 0.625. The van der Waals surface area contributed by atoms with Gasteiger partial charge in [-0.05, 0) is 44.7 Å². The smallest absolute Gasteiger partial charge is 0.119 e.